The van der Waals surface area contributed by atoms with E-state index in [1.54, 1.807) is 6.07 Å². The summed E-state index contributed by atoms with van der Waals surface area (Å²) in [5.74, 6) is 0.506. The van der Waals surface area contributed by atoms with Gasteiger partial charge in [0.2, 0.25) is 0 Å². The van der Waals surface area contributed by atoms with Crippen molar-refractivity contribution in [2.24, 2.45) is 10.7 Å². The number of H-pyrrole nitrogens is 1. The van der Waals surface area contributed by atoms with Gasteiger partial charge in [0.25, 0.3) is 5.91 Å². The van der Waals surface area contributed by atoms with Crippen molar-refractivity contribution in [1.29, 1.82) is 0 Å². The molecule has 0 unspecified atom stereocenters. The second kappa shape index (κ2) is 7.53. The molecule has 0 spiro atoms. The highest BCUT2D eigenvalue weighted by atomic mass is 16.5. The molecule has 0 saturated carbocycles. The first-order valence-electron chi connectivity index (χ1n) is 7.99. The van der Waals surface area contributed by atoms with Crippen LogP contribution in [-0.2, 0) is 6.42 Å². The lowest BCUT2D eigenvalue weighted by atomic mass is 10.2. The summed E-state index contributed by atoms with van der Waals surface area (Å²) >= 11 is 0. The number of carbonyl (C=O) groups excluding carboxylic acids is 1. The third-order valence-electron chi connectivity index (χ3n) is 3.82. The number of benzene rings is 2. The first kappa shape index (κ1) is 16.6. The molecular formula is C19H20N4O2. The molecule has 0 aliphatic rings. The van der Waals surface area contributed by atoms with E-state index in [1.807, 2.05) is 36.4 Å². The molecule has 128 valence electrons. The Bertz CT molecular complexity index is 900. The van der Waals surface area contributed by atoms with Crippen LogP contribution in [0, 0.1) is 0 Å². The topological polar surface area (TPSA) is 92.5 Å². The monoisotopic (exact) mass is 336 g/mol. The maximum atomic E-state index is 12.1. The van der Waals surface area contributed by atoms with Gasteiger partial charge in [-0.2, -0.15) is 0 Å². The van der Waals surface area contributed by atoms with E-state index < -0.39 is 0 Å². The Morgan fingerprint density at radius 1 is 1.20 bits per heavy atom. The lowest BCUT2D eigenvalue weighted by Crippen LogP contribution is -2.36. The number of ether oxygens (including phenoxy) is 1. The van der Waals surface area contributed by atoms with Crippen molar-refractivity contribution in [3.8, 4) is 5.75 Å². The Morgan fingerprint density at radius 2 is 2.00 bits per heavy atom. The number of hydrogen-bond donors (Lipinski definition) is 3. The summed E-state index contributed by atoms with van der Waals surface area (Å²) in [6, 6.07) is 17.6. The number of rotatable bonds is 5. The molecule has 1 heterocycles. The Kier molecular flexibility index (Phi) is 4.99. The van der Waals surface area contributed by atoms with E-state index in [1.165, 1.54) is 12.6 Å². The molecule has 6 heteroatoms. The van der Waals surface area contributed by atoms with Gasteiger partial charge in [-0.1, -0.05) is 30.3 Å². The third kappa shape index (κ3) is 4.17. The Labute approximate surface area is 145 Å². The van der Waals surface area contributed by atoms with Crippen LogP contribution in [0.1, 0.15) is 16.1 Å². The van der Waals surface area contributed by atoms with Crippen LogP contribution < -0.4 is 15.8 Å². The summed E-state index contributed by atoms with van der Waals surface area (Å²) in [7, 11) is 1.51. The predicted octanol–water partition coefficient (Wildman–Crippen LogP) is 2.46. The SMILES string of the molecule is CN=C(N)NC(=O)c1cc2ccc(OCCc3ccccc3)cc2[nH]1. The molecule has 25 heavy (non-hydrogen) atoms. The minimum Gasteiger partial charge on any atom is -0.493 e. The number of fused-ring (bicyclic) bond motifs is 1. The van der Waals surface area contributed by atoms with Crippen LogP contribution in [0.4, 0.5) is 0 Å². The molecule has 4 N–H and O–H groups in total. The largest absolute Gasteiger partial charge is 0.493 e. The predicted molar refractivity (Wildman–Crippen MR) is 99.0 cm³/mol. The van der Waals surface area contributed by atoms with E-state index in [2.05, 4.69) is 27.4 Å². The van der Waals surface area contributed by atoms with Crippen LogP contribution in [0.2, 0.25) is 0 Å². The molecule has 1 amide bonds. The summed E-state index contributed by atoms with van der Waals surface area (Å²) in [5, 5.41) is 3.42. The molecular weight excluding hydrogens is 316 g/mol. The minimum absolute atomic E-state index is 0.0774. The van der Waals surface area contributed by atoms with E-state index in [4.69, 9.17) is 10.5 Å². The molecule has 0 bridgehead atoms. The summed E-state index contributed by atoms with van der Waals surface area (Å²) in [6.45, 7) is 0.590. The van der Waals surface area contributed by atoms with Crippen LogP contribution in [0.5, 0.6) is 5.75 Å². The number of aromatic nitrogens is 1. The van der Waals surface area contributed by atoms with Crippen molar-refractivity contribution in [2.45, 2.75) is 6.42 Å². The molecule has 0 aliphatic heterocycles. The maximum absolute atomic E-state index is 12.1. The van der Waals surface area contributed by atoms with E-state index in [-0.39, 0.29) is 11.9 Å². The van der Waals surface area contributed by atoms with Gasteiger partial charge in [0.05, 0.1) is 6.61 Å². The van der Waals surface area contributed by atoms with Gasteiger partial charge in [0.1, 0.15) is 11.4 Å². The standard InChI is InChI=1S/C19H20N4O2/c1-21-19(20)23-18(24)17-11-14-7-8-15(12-16(14)22-17)25-10-9-13-5-3-2-4-6-13/h2-8,11-12,22H,9-10H2,1H3,(H3,20,21,23,24). The second-order valence-corrected chi connectivity index (χ2v) is 5.58. The lowest BCUT2D eigenvalue weighted by Gasteiger charge is -2.06. The lowest BCUT2D eigenvalue weighted by molar-refractivity contribution is 0.0972. The van der Waals surface area contributed by atoms with Crippen LogP contribution in [0.25, 0.3) is 10.9 Å². The number of aromatic amines is 1. The van der Waals surface area contributed by atoms with Crippen molar-refractivity contribution in [2.75, 3.05) is 13.7 Å². The zero-order chi connectivity index (χ0) is 17.6. The van der Waals surface area contributed by atoms with Gasteiger partial charge < -0.3 is 15.5 Å². The zero-order valence-electron chi connectivity index (χ0n) is 14.0. The number of amides is 1. The fourth-order valence-electron chi connectivity index (χ4n) is 2.49. The number of aliphatic imine (C=N–C) groups is 1. The molecule has 3 rings (SSSR count). The molecule has 3 aromatic rings. The number of nitrogens with two attached hydrogens (primary N) is 1. The first-order chi connectivity index (χ1) is 12.2. The Balaban J connectivity index is 1.66. The summed E-state index contributed by atoms with van der Waals surface area (Å²) < 4.78 is 5.81. The van der Waals surface area contributed by atoms with E-state index in [9.17, 15) is 4.79 Å². The smallest absolute Gasteiger partial charge is 0.274 e. The first-order valence-corrected chi connectivity index (χ1v) is 7.99. The maximum Gasteiger partial charge on any atom is 0.274 e. The van der Waals surface area contributed by atoms with Gasteiger partial charge in [0, 0.05) is 30.4 Å². The highest BCUT2D eigenvalue weighted by Crippen LogP contribution is 2.21. The molecule has 6 nitrogen and oxygen atoms in total. The van der Waals surface area contributed by atoms with E-state index >= 15 is 0 Å². The molecule has 0 fully saturated rings. The summed E-state index contributed by atoms with van der Waals surface area (Å²) in [4.78, 5) is 18.8. The fraction of sp³-hybridized carbons (Fsp3) is 0.158. The van der Waals surface area contributed by atoms with Crippen LogP contribution >= 0.6 is 0 Å². The average molecular weight is 336 g/mol. The molecule has 2 aromatic carbocycles. The van der Waals surface area contributed by atoms with E-state index in [0.717, 1.165) is 23.1 Å². The van der Waals surface area contributed by atoms with Crippen molar-refractivity contribution in [1.82, 2.24) is 10.3 Å². The van der Waals surface area contributed by atoms with Gasteiger partial charge >= 0.3 is 0 Å². The molecule has 0 aliphatic carbocycles. The number of carbonyl (C=O) groups is 1. The van der Waals surface area contributed by atoms with Crippen molar-refractivity contribution in [3.05, 3.63) is 65.9 Å². The Hall–Kier alpha value is -3.28. The molecule has 0 radical (unpaired) electrons. The molecule has 0 saturated heterocycles. The van der Waals surface area contributed by atoms with Crippen molar-refractivity contribution in [3.63, 3.8) is 0 Å². The third-order valence-corrected chi connectivity index (χ3v) is 3.82. The number of guanidine groups is 1. The zero-order valence-corrected chi connectivity index (χ0v) is 14.0. The molecule has 0 atom stereocenters. The number of hydrogen-bond acceptors (Lipinski definition) is 3. The second-order valence-electron chi connectivity index (χ2n) is 5.58. The van der Waals surface area contributed by atoms with Gasteiger partial charge in [-0.05, 0) is 23.8 Å². The van der Waals surface area contributed by atoms with Crippen molar-refractivity contribution >= 4 is 22.8 Å². The van der Waals surface area contributed by atoms with Crippen LogP contribution in [-0.4, -0.2) is 30.5 Å². The van der Waals surface area contributed by atoms with Crippen LogP contribution in [0.15, 0.2) is 59.6 Å². The van der Waals surface area contributed by atoms with Gasteiger partial charge in [0.15, 0.2) is 5.96 Å². The highest BCUT2D eigenvalue weighted by Gasteiger charge is 2.11. The highest BCUT2D eigenvalue weighted by molar-refractivity contribution is 6.06. The van der Waals surface area contributed by atoms with Crippen molar-refractivity contribution < 1.29 is 9.53 Å². The van der Waals surface area contributed by atoms with Crippen LogP contribution in [0.3, 0.4) is 0 Å². The van der Waals surface area contributed by atoms with E-state index in [0.29, 0.717) is 12.3 Å². The quantitative estimate of drug-likeness (QED) is 0.493. The summed E-state index contributed by atoms with van der Waals surface area (Å²) in [6.07, 6.45) is 0.840. The normalized spacial score (nSPS) is 11.5. The van der Waals surface area contributed by atoms with Gasteiger partial charge in [-0.3, -0.25) is 15.1 Å². The van der Waals surface area contributed by atoms with Gasteiger partial charge in [-0.25, -0.2) is 0 Å². The average Bonchev–Trinajstić information content (AvgIpc) is 3.06. The Morgan fingerprint density at radius 3 is 2.76 bits per heavy atom. The van der Waals surface area contributed by atoms with Gasteiger partial charge in [-0.15, -0.1) is 0 Å². The fourth-order valence-corrected chi connectivity index (χ4v) is 2.49. The molecule has 1 aromatic heterocycles. The number of nitrogens with one attached hydrogen (secondary N) is 2. The minimum atomic E-state index is -0.328. The number of nitrogens with zero attached hydrogens (tertiary/aromatic N) is 1. The summed E-state index contributed by atoms with van der Waals surface area (Å²) in [5.41, 5.74) is 8.00.